The number of hydroxylamine groups is 1. The average molecular weight is 369 g/mol. The Morgan fingerprint density at radius 3 is 3.04 bits per heavy atom. The van der Waals surface area contributed by atoms with E-state index in [4.69, 9.17) is 21.2 Å². The highest BCUT2D eigenvalue weighted by molar-refractivity contribution is 6.33. The van der Waals surface area contributed by atoms with Crippen LogP contribution in [0.3, 0.4) is 0 Å². The van der Waals surface area contributed by atoms with Crippen molar-refractivity contribution in [1.82, 2.24) is 15.4 Å². The summed E-state index contributed by atoms with van der Waals surface area (Å²) in [4.78, 5) is 23.3. The average Bonchev–Trinajstić information content (AvgIpc) is 2.60. The number of rotatable bonds is 8. The highest BCUT2D eigenvalue weighted by Crippen LogP contribution is 2.20. The molecule has 1 amide bonds. The monoisotopic (exact) mass is 368 g/mol. The maximum atomic E-state index is 11.8. The highest BCUT2D eigenvalue weighted by atomic mass is 35.5. The predicted molar refractivity (Wildman–Crippen MR) is 98.1 cm³/mol. The van der Waals surface area contributed by atoms with Crippen LogP contribution in [0.4, 0.5) is 5.82 Å². The molecule has 1 aliphatic heterocycles. The number of pyridine rings is 1. The molecule has 7 nitrogen and oxygen atoms in total. The molecule has 1 aromatic rings. The van der Waals surface area contributed by atoms with Crippen LogP contribution < -0.4 is 10.8 Å². The Morgan fingerprint density at radius 1 is 1.52 bits per heavy atom. The molecule has 0 aliphatic carbocycles. The van der Waals surface area contributed by atoms with Gasteiger partial charge >= 0.3 is 0 Å². The number of aromatic nitrogens is 1. The first-order valence-corrected chi connectivity index (χ1v) is 8.72. The van der Waals surface area contributed by atoms with E-state index in [0.717, 1.165) is 37.9 Å². The number of carbonyl (C=O) groups excluding carboxylic acids is 1. The van der Waals surface area contributed by atoms with Gasteiger partial charge in [-0.25, -0.2) is 15.3 Å². The van der Waals surface area contributed by atoms with Gasteiger partial charge in [0.1, 0.15) is 5.82 Å². The fraction of sp³-hybridized carbons (Fsp3) is 0.529. The molecule has 2 rings (SSSR count). The summed E-state index contributed by atoms with van der Waals surface area (Å²) in [6.45, 7) is 2.29. The van der Waals surface area contributed by atoms with Crippen LogP contribution in [0.2, 0.25) is 5.02 Å². The van der Waals surface area contributed by atoms with Gasteiger partial charge in [-0.2, -0.15) is 0 Å². The summed E-state index contributed by atoms with van der Waals surface area (Å²) in [5, 5.41) is 3.68. The molecule has 2 heterocycles. The van der Waals surface area contributed by atoms with Crippen molar-refractivity contribution >= 4 is 29.4 Å². The van der Waals surface area contributed by atoms with Crippen LogP contribution in [-0.4, -0.2) is 55.9 Å². The summed E-state index contributed by atoms with van der Waals surface area (Å²) < 4.78 is 5.37. The molecule has 0 bridgehead atoms. The zero-order valence-corrected chi connectivity index (χ0v) is 15.4. The standard InChI is InChI=1S/C17H25ClN4O3/c1-22(2)9-8-19-17-14(18)11-13(12-20-17)6-7-15(23)21-25-16-5-3-4-10-24-16/h6-7,11-12,16H,3-5,8-10H2,1-2H3,(H,19,20)(H,21,23). The number of halogens is 1. The van der Waals surface area contributed by atoms with Gasteiger partial charge in [0.25, 0.3) is 5.91 Å². The van der Waals surface area contributed by atoms with E-state index in [-0.39, 0.29) is 12.2 Å². The summed E-state index contributed by atoms with van der Waals surface area (Å²) >= 11 is 6.21. The Hall–Kier alpha value is -1.67. The van der Waals surface area contributed by atoms with E-state index in [2.05, 4.69) is 20.7 Å². The van der Waals surface area contributed by atoms with Gasteiger partial charge < -0.3 is 15.0 Å². The van der Waals surface area contributed by atoms with Gasteiger partial charge in [0.05, 0.1) is 5.02 Å². The topological polar surface area (TPSA) is 75.7 Å². The minimum atomic E-state index is -0.366. The number of amides is 1. The third-order valence-electron chi connectivity index (χ3n) is 3.57. The molecule has 1 unspecified atom stereocenters. The molecule has 1 aliphatic rings. The van der Waals surface area contributed by atoms with Crippen LogP contribution in [0.25, 0.3) is 6.08 Å². The number of ether oxygens (including phenoxy) is 1. The van der Waals surface area contributed by atoms with Crippen LogP contribution in [0, 0.1) is 0 Å². The van der Waals surface area contributed by atoms with E-state index in [9.17, 15) is 4.79 Å². The van der Waals surface area contributed by atoms with E-state index in [1.165, 1.54) is 6.08 Å². The van der Waals surface area contributed by atoms with Crippen LogP contribution in [0.15, 0.2) is 18.3 Å². The van der Waals surface area contributed by atoms with Crippen molar-refractivity contribution in [3.8, 4) is 0 Å². The maximum Gasteiger partial charge on any atom is 0.267 e. The van der Waals surface area contributed by atoms with Crippen LogP contribution >= 0.6 is 11.6 Å². The molecule has 0 radical (unpaired) electrons. The second-order valence-corrected chi connectivity index (χ2v) is 6.45. The second kappa shape index (κ2) is 10.4. The number of anilines is 1. The Kier molecular flexibility index (Phi) is 8.14. The normalized spacial score (nSPS) is 17.8. The first-order chi connectivity index (χ1) is 12.0. The van der Waals surface area contributed by atoms with Gasteiger partial charge in [-0.15, -0.1) is 0 Å². The molecule has 138 valence electrons. The first kappa shape index (κ1) is 19.7. The highest BCUT2D eigenvalue weighted by Gasteiger charge is 2.14. The van der Waals surface area contributed by atoms with Gasteiger partial charge in [0, 0.05) is 38.4 Å². The zero-order valence-electron chi connectivity index (χ0n) is 14.6. The minimum Gasteiger partial charge on any atom is -0.368 e. The fourth-order valence-corrected chi connectivity index (χ4v) is 2.45. The SMILES string of the molecule is CN(C)CCNc1ncc(C=CC(=O)NOC2CCCCO2)cc1Cl. The summed E-state index contributed by atoms with van der Waals surface area (Å²) in [6, 6.07) is 1.75. The van der Waals surface area contributed by atoms with Crippen LogP contribution in [0.1, 0.15) is 24.8 Å². The van der Waals surface area contributed by atoms with Crippen molar-refractivity contribution in [3.05, 3.63) is 28.9 Å². The summed E-state index contributed by atoms with van der Waals surface area (Å²) in [6.07, 6.45) is 7.13. The Balaban J connectivity index is 1.79. The lowest BCUT2D eigenvalue weighted by Gasteiger charge is -2.21. The lowest BCUT2D eigenvalue weighted by molar-refractivity contribution is -0.198. The number of likely N-dealkylation sites (N-methyl/N-ethyl adjacent to an activating group) is 1. The summed E-state index contributed by atoms with van der Waals surface area (Å²) in [5.74, 6) is 0.265. The lowest BCUT2D eigenvalue weighted by Crippen LogP contribution is -2.32. The molecular formula is C17H25ClN4O3. The Bertz CT molecular complexity index is 589. The first-order valence-electron chi connectivity index (χ1n) is 8.34. The fourth-order valence-electron chi connectivity index (χ4n) is 2.21. The number of hydrogen-bond acceptors (Lipinski definition) is 6. The largest absolute Gasteiger partial charge is 0.368 e. The number of nitrogens with one attached hydrogen (secondary N) is 2. The van der Waals surface area contributed by atoms with Gasteiger partial charge in [-0.3, -0.25) is 4.79 Å². The van der Waals surface area contributed by atoms with E-state index < -0.39 is 0 Å². The minimum absolute atomic E-state index is 0.363. The maximum absolute atomic E-state index is 11.8. The smallest absolute Gasteiger partial charge is 0.267 e. The summed E-state index contributed by atoms with van der Waals surface area (Å²) in [7, 11) is 4.00. The quantitative estimate of drug-likeness (QED) is 0.541. The predicted octanol–water partition coefficient (Wildman–Crippen LogP) is 2.30. The molecule has 1 fully saturated rings. The summed E-state index contributed by atoms with van der Waals surface area (Å²) in [5.41, 5.74) is 3.09. The van der Waals surface area contributed by atoms with Gasteiger partial charge in [-0.1, -0.05) is 11.6 Å². The molecule has 25 heavy (non-hydrogen) atoms. The van der Waals surface area contributed by atoms with Crippen LogP contribution in [0.5, 0.6) is 0 Å². The van der Waals surface area contributed by atoms with Crippen molar-refractivity contribution in [1.29, 1.82) is 0 Å². The Labute approximate surface area is 153 Å². The van der Waals surface area contributed by atoms with Crippen molar-refractivity contribution in [2.45, 2.75) is 25.6 Å². The zero-order chi connectivity index (χ0) is 18.1. The third-order valence-corrected chi connectivity index (χ3v) is 3.86. The van der Waals surface area contributed by atoms with E-state index in [1.54, 1.807) is 18.3 Å². The van der Waals surface area contributed by atoms with E-state index in [0.29, 0.717) is 17.4 Å². The van der Waals surface area contributed by atoms with Crippen molar-refractivity contribution in [3.63, 3.8) is 0 Å². The molecule has 1 atom stereocenters. The molecule has 0 saturated carbocycles. The number of nitrogens with zero attached hydrogens (tertiary/aromatic N) is 2. The van der Waals surface area contributed by atoms with Gasteiger partial charge in [-0.05, 0) is 44.6 Å². The van der Waals surface area contributed by atoms with Gasteiger partial charge in [0.2, 0.25) is 0 Å². The molecule has 1 aromatic heterocycles. The molecule has 0 spiro atoms. The number of carbonyl (C=O) groups is 1. The molecule has 2 N–H and O–H groups in total. The van der Waals surface area contributed by atoms with Crippen molar-refractivity contribution < 1.29 is 14.4 Å². The van der Waals surface area contributed by atoms with E-state index in [1.807, 2.05) is 14.1 Å². The molecule has 0 aromatic carbocycles. The Morgan fingerprint density at radius 2 is 2.36 bits per heavy atom. The van der Waals surface area contributed by atoms with Crippen LogP contribution in [-0.2, 0) is 14.4 Å². The molecular weight excluding hydrogens is 344 g/mol. The molecule has 1 saturated heterocycles. The molecule has 8 heteroatoms. The third kappa shape index (κ3) is 7.39. The van der Waals surface area contributed by atoms with Crippen molar-refractivity contribution in [2.75, 3.05) is 39.1 Å². The lowest BCUT2D eigenvalue weighted by atomic mass is 10.2. The number of hydrogen-bond donors (Lipinski definition) is 2. The second-order valence-electron chi connectivity index (χ2n) is 6.04. The van der Waals surface area contributed by atoms with E-state index >= 15 is 0 Å². The van der Waals surface area contributed by atoms with Crippen molar-refractivity contribution in [2.24, 2.45) is 0 Å². The van der Waals surface area contributed by atoms with Gasteiger partial charge in [0.15, 0.2) is 6.29 Å².